The summed E-state index contributed by atoms with van der Waals surface area (Å²) >= 11 is 14.4. The Labute approximate surface area is 189 Å². The van der Waals surface area contributed by atoms with Crippen molar-refractivity contribution >= 4 is 62.9 Å². The molecule has 5 unspecified atom stereocenters. The molecule has 0 saturated carbocycles. The summed E-state index contributed by atoms with van der Waals surface area (Å²) in [7, 11) is 8.86. The van der Waals surface area contributed by atoms with Crippen molar-refractivity contribution in [2.75, 3.05) is 40.2 Å². The maximum Gasteiger partial charge on any atom is 0.188 e. The van der Waals surface area contributed by atoms with Crippen LogP contribution in [0.3, 0.4) is 0 Å². The minimum absolute atomic E-state index is 0.111. The van der Waals surface area contributed by atoms with Gasteiger partial charge in [0.25, 0.3) is 0 Å². The summed E-state index contributed by atoms with van der Waals surface area (Å²) in [5, 5.41) is 0. The Balaban J connectivity index is 1.82. The number of hydrogen-bond donors (Lipinski definition) is 2. The normalized spacial score (nSPS) is 39.2. The molecule has 9 atom stereocenters. The fourth-order valence-corrected chi connectivity index (χ4v) is 5.61. The van der Waals surface area contributed by atoms with Crippen molar-refractivity contribution in [1.82, 2.24) is 0 Å². The van der Waals surface area contributed by atoms with Crippen molar-refractivity contribution < 1.29 is 37.3 Å². The van der Waals surface area contributed by atoms with Crippen molar-refractivity contribution in [3.63, 3.8) is 0 Å². The quantitative estimate of drug-likeness (QED) is 0.187. The standard InChI is InChI=1S/C14H26B2FO7P2S3/c1-19-5-10-13(24-25(2,18)27)12(17)14(22-10)16-7-20-6-9-8(4-11(15)21-9)23-26(3,28)29/h8-14H,4-7H2,1-3H3,(H,18,27)(H,28,29)/t8?,9-,10-,11-,12?,13?,14-,25?/m1/s1. The van der Waals surface area contributed by atoms with E-state index in [-0.39, 0.29) is 31.9 Å². The first-order valence-electron chi connectivity index (χ1n) is 8.97. The highest BCUT2D eigenvalue weighted by Gasteiger charge is 2.47. The van der Waals surface area contributed by atoms with Crippen molar-refractivity contribution in [2.45, 2.75) is 49.0 Å². The van der Waals surface area contributed by atoms with Gasteiger partial charge in [0.05, 0.1) is 25.3 Å². The minimum atomic E-state index is -3.06. The van der Waals surface area contributed by atoms with Gasteiger partial charge in [-0.3, -0.25) is 0 Å². The summed E-state index contributed by atoms with van der Waals surface area (Å²) in [6.07, 6.45) is -3.35. The van der Waals surface area contributed by atoms with Crippen LogP contribution in [0.4, 0.5) is 4.39 Å². The Morgan fingerprint density at radius 2 is 1.93 bits per heavy atom. The summed E-state index contributed by atoms with van der Waals surface area (Å²) in [5.41, 5.74) is -2.17. The maximum absolute atomic E-state index is 14.8. The summed E-state index contributed by atoms with van der Waals surface area (Å²) in [4.78, 5) is 9.79. The molecule has 165 valence electrons. The summed E-state index contributed by atoms with van der Waals surface area (Å²) < 4.78 is 47.8. The van der Waals surface area contributed by atoms with E-state index in [1.807, 2.05) is 0 Å². The van der Waals surface area contributed by atoms with Gasteiger partial charge < -0.3 is 32.9 Å². The molecule has 0 amide bonds. The number of halogens is 1. The average Bonchev–Trinajstić information content (AvgIpc) is 3.03. The molecular weight excluding hydrogens is 479 g/mol. The van der Waals surface area contributed by atoms with Gasteiger partial charge in [0.15, 0.2) is 13.8 Å². The van der Waals surface area contributed by atoms with Crippen LogP contribution in [0.1, 0.15) is 6.42 Å². The molecule has 15 heteroatoms. The molecule has 2 aliphatic rings. The third-order valence-corrected chi connectivity index (χ3v) is 6.36. The predicted octanol–water partition coefficient (Wildman–Crippen LogP) is 1.23. The van der Waals surface area contributed by atoms with E-state index < -0.39 is 42.3 Å². The van der Waals surface area contributed by atoms with Gasteiger partial charge in [0.2, 0.25) is 0 Å². The van der Waals surface area contributed by atoms with Crippen LogP contribution in [0.15, 0.2) is 0 Å². The lowest BCUT2D eigenvalue weighted by molar-refractivity contribution is -0.0180. The largest absolute Gasteiger partial charge is 0.387 e. The first-order chi connectivity index (χ1) is 13.4. The monoisotopic (exact) mass is 505 g/mol. The fraction of sp³-hybridized carbons (Fsp3) is 1.00. The number of rotatable bonds is 11. The van der Waals surface area contributed by atoms with Crippen LogP contribution in [-0.4, -0.2) is 103 Å². The molecule has 2 rings (SSSR count). The zero-order valence-corrected chi connectivity index (χ0v) is 20.8. The second kappa shape index (κ2) is 11.5. The molecule has 1 N–H and O–H groups in total. The fourth-order valence-electron chi connectivity index (χ4n) is 3.19. The minimum Gasteiger partial charge on any atom is -0.387 e. The molecule has 0 spiro atoms. The van der Waals surface area contributed by atoms with Gasteiger partial charge >= 0.3 is 0 Å². The zero-order chi connectivity index (χ0) is 21.8. The van der Waals surface area contributed by atoms with Crippen molar-refractivity contribution in [2.24, 2.45) is 0 Å². The molecule has 3 radical (unpaired) electrons. The predicted molar refractivity (Wildman–Crippen MR) is 122 cm³/mol. The first kappa shape index (κ1) is 26.7. The Kier molecular flexibility index (Phi) is 10.6. The van der Waals surface area contributed by atoms with Crippen molar-refractivity contribution in [1.29, 1.82) is 0 Å². The number of alkyl halides is 1. The summed E-state index contributed by atoms with van der Waals surface area (Å²) in [6.45, 7) is 0.500. The molecule has 7 nitrogen and oxygen atoms in total. The van der Waals surface area contributed by atoms with Gasteiger partial charge in [-0.1, -0.05) is 11.8 Å². The Bertz CT molecular complexity index is 628. The molecule has 2 heterocycles. The van der Waals surface area contributed by atoms with Gasteiger partial charge in [-0.2, -0.15) is 0 Å². The van der Waals surface area contributed by atoms with Gasteiger partial charge in [0, 0.05) is 26.3 Å². The molecular formula is C14H26B2FO7P2S3. The van der Waals surface area contributed by atoms with E-state index in [1.165, 1.54) is 13.8 Å². The average molecular weight is 505 g/mol. The third kappa shape index (κ3) is 9.06. The number of thiol groups is 1. The van der Waals surface area contributed by atoms with Crippen molar-refractivity contribution in [3.8, 4) is 0 Å². The number of methoxy groups -OCH3 is 1. The number of ether oxygens (including phenoxy) is 4. The third-order valence-electron chi connectivity index (χ3n) is 4.26. The molecule has 0 aromatic rings. The van der Waals surface area contributed by atoms with E-state index in [2.05, 4.69) is 12.2 Å². The zero-order valence-electron chi connectivity index (χ0n) is 16.5. The van der Waals surface area contributed by atoms with Gasteiger partial charge in [-0.25, -0.2) is 4.39 Å². The van der Waals surface area contributed by atoms with E-state index >= 15 is 0 Å². The molecule has 0 aliphatic carbocycles. The highest BCUT2D eigenvalue weighted by atomic mass is 32.9. The topological polar surface area (TPSA) is 75.6 Å². The maximum atomic E-state index is 14.8. The lowest BCUT2D eigenvalue weighted by atomic mass is 9.70. The smallest absolute Gasteiger partial charge is 0.188 e. The highest BCUT2D eigenvalue weighted by Crippen LogP contribution is 2.51. The van der Waals surface area contributed by atoms with Crippen molar-refractivity contribution in [3.05, 3.63) is 0 Å². The molecule has 0 aromatic heterocycles. The van der Waals surface area contributed by atoms with Gasteiger partial charge in [-0.05, 0) is 24.9 Å². The Morgan fingerprint density at radius 3 is 2.52 bits per heavy atom. The Hall–Kier alpha value is 1.43. The van der Waals surface area contributed by atoms with Crippen LogP contribution >= 0.6 is 24.2 Å². The second-order valence-corrected chi connectivity index (χ2v) is 17.9. The van der Waals surface area contributed by atoms with Crippen LogP contribution in [0, 0.1) is 0 Å². The molecule has 2 fully saturated rings. The summed E-state index contributed by atoms with van der Waals surface area (Å²) in [6, 6.07) is -1.33. The lowest BCUT2D eigenvalue weighted by Gasteiger charge is -2.23. The molecule has 0 bridgehead atoms. The van der Waals surface area contributed by atoms with E-state index in [0.29, 0.717) is 6.42 Å². The molecule has 0 aromatic carbocycles. The SMILES string of the molecule is [B][C@H]1CC(OP(C)(=S)S)[C@@H](COC[B][C@@H]2O[C@H](COC)C(OP(C)(O)=S)C2F)O1. The summed E-state index contributed by atoms with van der Waals surface area (Å²) in [5.74, 6) is 0. The molecule has 29 heavy (non-hydrogen) atoms. The van der Waals surface area contributed by atoms with Crippen LogP contribution in [0.25, 0.3) is 0 Å². The highest BCUT2D eigenvalue weighted by molar-refractivity contribution is 8.61. The van der Waals surface area contributed by atoms with Crippen LogP contribution < -0.4 is 0 Å². The van der Waals surface area contributed by atoms with E-state index in [0.717, 1.165) is 0 Å². The molecule has 2 aliphatic heterocycles. The van der Waals surface area contributed by atoms with E-state index in [9.17, 15) is 9.28 Å². The van der Waals surface area contributed by atoms with Crippen LogP contribution in [-0.2, 0) is 51.6 Å². The van der Waals surface area contributed by atoms with E-state index in [4.69, 9.17) is 59.5 Å². The first-order valence-corrected chi connectivity index (χ1v) is 16.4. The number of hydrogen-bond acceptors (Lipinski definition) is 8. The van der Waals surface area contributed by atoms with Crippen LogP contribution in [0.5, 0.6) is 0 Å². The van der Waals surface area contributed by atoms with Gasteiger partial charge in [-0.15, -0.1) is 12.2 Å². The Morgan fingerprint density at radius 1 is 1.24 bits per heavy atom. The second-order valence-electron chi connectivity index (χ2n) is 7.08. The van der Waals surface area contributed by atoms with Crippen LogP contribution in [0.2, 0.25) is 0 Å². The molecule has 2 saturated heterocycles. The van der Waals surface area contributed by atoms with E-state index in [1.54, 1.807) is 13.9 Å². The lowest BCUT2D eigenvalue weighted by Crippen LogP contribution is -2.36. The van der Waals surface area contributed by atoms with Gasteiger partial charge in [0.1, 0.15) is 37.8 Å².